The van der Waals surface area contributed by atoms with Crippen LogP contribution in [0.2, 0.25) is 0 Å². The minimum absolute atomic E-state index is 0.128. The Labute approximate surface area is 171 Å². The monoisotopic (exact) mass is 422 g/mol. The van der Waals surface area contributed by atoms with Gasteiger partial charge >= 0.3 is 0 Å². The number of ether oxygens (including phenoxy) is 3. The average molecular weight is 423 g/mol. The van der Waals surface area contributed by atoms with Crippen molar-refractivity contribution in [2.24, 2.45) is 0 Å². The summed E-state index contributed by atoms with van der Waals surface area (Å²) in [4.78, 5) is 12.8. The lowest BCUT2D eigenvalue weighted by Crippen LogP contribution is -2.31. The highest BCUT2D eigenvalue weighted by molar-refractivity contribution is 7.89. The third kappa shape index (κ3) is 5.39. The summed E-state index contributed by atoms with van der Waals surface area (Å²) in [5.41, 5.74) is 0.751. The van der Waals surface area contributed by atoms with Crippen molar-refractivity contribution >= 4 is 21.6 Å². The molecule has 158 valence electrons. The Balaban J connectivity index is 2.21. The molecule has 0 spiro atoms. The van der Waals surface area contributed by atoms with Gasteiger partial charge in [0.1, 0.15) is 0 Å². The molecule has 0 saturated carbocycles. The van der Waals surface area contributed by atoms with Crippen LogP contribution >= 0.6 is 0 Å². The van der Waals surface area contributed by atoms with Crippen LogP contribution in [0.4, 0.5) is 5.69 Å². The van der Waals surface area contributed by atoms with Gasteiger partial charge in [0.05, 0.1) is 26.2 Å². The summed E-state index contributed by atoms with van der Waals surface area (Å²) < 4.78 is 43.0. The lowest BCUT2D eigenvalue weighted by atomic mass is 10.1. The van der Waals surface area contributed by atoms with E-state index in [1.807, 2.05) is 6.92 Å². The number of rotatable bonds is 9. The molecule has 2 rings (SSSR count). The Morgan fingerprint density at radius 2 is 1.55 bits per heavy atom. The number of hydrogen-bond donors (Lipinski definition) is 2. The van der Waals surface area contributed by atoms with E-state index >= 15 is 0 Å². The van der Waals surface area contributed by atoms with Gasteiger partial charge in [-0.05, 0) is 49.7 Å². The molecule has 1 amide bonds. The van der Waals surface area contributed by atoms with E-state index in [-0.39, 0.29) is 10.9 Å². The van der Waals surface area contributed by atoms with Gasteiger partial charge in [-0.2, -0.15) is 0 Å². The van der Waals surface area contributed by atoms with Crippen LogP contribution in [-0.2, 0) is 10.0 Å². The molecule has 0 aliphatic rings. The molecule has 0 aromatic heterocycles. The molecule has 2 N–H and O–H groups in total. The van der Waals surface area contributed by atoms with E-state index in [2.05, 4.69) is 10.0 Å². The normalized spacial score (nSPS) is 12.2. The standard InChI is InChI=1S/C20H26N2O6S/c1-6-13(2)22-29(24,25)16-9-7-15(8-10-16)21-20(23)14-11-17(26-3)19(28-5)18(12-14)27-4/h7-13,22H,6H2,1-5H3,(H,21,23)/t13-/m0/s1. The molecular formula is C20H26N2O6S. The Kier molecular flexibility index (Phi) is 7.46. The predicted molar refractivity (Wildman–Crippen MR) is 111 cm³/mol. The zero-order chi connectivity index (χ0) is 21.6. The molecule has 0 heterocycles. The molecule has 2 aromatic rings. The van der Waals surface area contributed by atoms with Crippen LogP contribution in [0.15, 0.2) is 41.3 Å². The summed E-state index contributed by atoms with van der Waals surface area (Å²) in [7, 11) is 0.801. The van der Waals surface area contributed by atoms with Crippen molar-refractivity contribution in [3.63, 3.8) is 0 Å². The zero-order valence-electron chi connectivity index (χ0n) is 17.1. The molecule has 0 radical (unpaired) electrons. The molecule has 0 aliphatic carbocycles. The van der Waals surface area contributed by atoms with Gasteiger partial charge in [0.25, 0.3) is 5.91 Å². The van der Waals surface area contributed by atoms with E-state index in [9.17, 15) is 13.2 Å². The first-order valence-electron chi connectivity index (χ1n) is 8.99. The number of carbonyl (C=O) groups is 1. The maximum absolute atomic E-state index is 12.6. The third-order valence-electron chi connectivity index (χ3n) is 4.32. The molecule has 8 nitrogen and oxygen atoms in total. The topological polar surface area (TPSA) is 103 Å². The maximum Gasteiger partial charge on any atom is 0.255 e. The Morgan fingerprint density at radius 3 is 2.00 bits per heavy atom. The molecule has 0 aliphatic heterocycles. The van der Waals surface area contributed by atoms with E-state index in [1.54, 1.807) is 6.92 Å². The van der Waals surface area contributed by atoms with Gasteiger partial charge in [0.15, 0.2) is 11.5 Å². The maximum atomic E-state index is 12.6. The van der Waals surface area contributed by atoms with Crippen LogP contribution in [-0.4, -0.2) is 41.7 Å². The summed E-state index contributed by atoms with van der Waals surface area (Å²) >= 11 is 0. The fraction of sp³-hybridized carbons (Fsp3) is 0.350. The highest BCUT2D eigenvalue weighted by atomic mass is 32.2. The second-order valence-corrected chi connectivity index (χ2v) is 8.04. The van der Waals surface area contributed by atoms with Crippen molar-refractivity contribution in [1.82, 2.24) is 4.72 Å². The van der Waals surface area contributed by atoms with Gasteiger partial charge < -0.3 is 19.5 Å². The van der Waals surface area contributed by atoms with Gasteiger partial charge in [-0.1, -0.05) is 6.92 Å². The smallest absolute Gasteiger partial charge is 0.255 e. The highest BCUT2D eigenvalue weighted by Gasteiger charge is 2.18. The van der Waals surface area contributed by atoms with Crippen LogP contribution < -0.4 is 24.2 Å². The molecule has 29 heavy (non-hydrogen) atoms. The van der Waals surface area contributed by atoms with Crippen LogP contribution in [0.25, 0.3) is 0 Å². The van der Waals surface area contributed by atoms with Crippen LogP contribution in [0.1, 0.15) is 30.6 Å². The summed E-state index contributed by atoms with van der Waals surface area (Å²) in [6, 6.07) is 8.84. The lowest BCUT2D eigenvalue weighted by Gasteiger charge is -2.14. The second kappa shape index (κ2) is 9.62. The summed E-state index contributed by atoms with van der Waals surface area (Å²) in [5, 5.41) is 2.72. The number of benzene rings is 2. The number of carbonyl (C=O) groups excluding carboxylic acids is 1. The molecule has 0 bridgehead atoms. The van der Waals surface area contributed by atoms with E-state index < -0.39 is 15.9 Å². The van der Waals surface area contributed by atoms with Gasteiger partial charge in [0.2, 0.25) is 15.8 Å². The zero-order valence-corrected chi connectivity index (χ0v) is 17.9. The molecular weight excluding hydrogens is 396 g/mol. The molecule has 0 fully saturated rings. The molecule has 0 unspecified atom stereocenters. The minimum atomic E-state index is -3.60. The van der Waals surface area contributed by atoms with E-state index in [0.717, 1.165) is 0 Å². The summed E-state index contributed by atoms with van der Waals surface area (Å²) in [6.45, 7) is 3.69. The van der Waals surface area contributed by atoms with Gasteiger partial charge in [-0.15, -0.1) is 0 Å². The van der Waals surface area contributed by atoms with Crippen molar-refractivity contribution in [3.05, 3.63) is 42.0 Å². The Morgan fingerprint density at radius 1 is 1.00 bits per heavy atom. The molecule has 9 heteroatoms. The number of hydrogen-bond acceptors (Lipinski definition) is 6. The lowest BCUT2D eigenvalue weighted by molar-refractivity contribution is 0.102. The average Bonchev–Trinajstić information content (AvgIpc) is 2.72. The van der Waals surface area contributed by atoms with Crippen LogP contribution in [0.5, 0.6) is 17.2 Å². The SMILES string of the molecule is CC[C@H](C)NS(=O)(=O)c1ccc(NC(=O)c2cc(OC)c(OC)c(OC)c2)cc1. The number of anilines is 1. The van der Waals surface area contributed by atoms with Crippen molar-refractivity contribution in [1.29, 1.82) is 0 Å². The third-order valence-corrected chi connectivity index (χ3v) is 5.92. The Hall–Kier alpha value is -2.78. The first-order chi connectivity index (χ1) is 13.7. The second-order valence-electron chi connectivity index (χ2n) is 6.32. The minimum Gasteiger partial charge on any atom is -0.493 e. The fourth-order valence-electron chi connectivity index (χ4n) is 2.55. The van der Waals surface area contributed by atoms with Crippen molar-refractivity contribution in [3.8, 4) is 17.2 Å². The van der Waals surface area contributed by atoms with E-state index in [1.165, 1.54) is 57.7 Å². The molecule has 1 atom stereocenters. The van der Waals surface area contributed by atoms with Crippen molar-refractivity contribution in [2.45, 2.75) is 31.2 Å². The van der Waals surface area contributed by atoms with Crippen molar-refractivity contribution < 1.29 is 27.4 Å². The first-order valence-corrected chi connectivity index (χ1v) is 10.5. The van der Waals surface area contributed by atoms with Crippen LogP contribution in [0.3, 0.4) is 0 Å². The van der Waals surface area contributed by atoms with Gasteiger partial charge in [-0.25, -0.2) is 13.1 Å². The largest absolute Gasteiger partial charge is 0.493 e. The summed E-state index contributed by atoms with van der Waals surface area (Å²) in [6.07, 6.45) is 0.683. The number of methoxy groups -OCH3 is 3. The van der Waals surface area contributed by atoms with Crippen molar-refractivity contribution in [2.75, 3.05) is 26.6 Å². The highest BCUT2D eigenvalue weighted by Crippen LogP contribution is 2.38. The van der Waals surface area contributed by atoms with Gasteiger partial charge in [0, 0.05) is 17.3 Å². The van der Waals surface area contributed by atoms with E-state index in [4.69, 9.17) is 14.2 Å². The number of nitrogens with one attached hydrogen (secondary N) is 2. The van der Waals surface area contributed by atoms with Gasteiger partial charge in [-0.3, -0.25) is 4.79 Å². The molecule has 2 aromatic carbocycles. The predicted octanol–water partition coefficient (Wildman–Crippen LogP) is 3.04. The van der Waals surface area contributed by atoms with Crippen LogP contribution in [0, 0.1) is 0 Å². The first kappa shape index (κ1) is 22.5. The number of sulfonamides is 1. The van der Waals surface area contributed by atoms with E-state index in [0.29, 0.717) is 34.9 Å². The quantitative estimate of drug-likeness (QED) is 0.644. The fourth-order valence-corrected chi connectivity index (χ4v) is 3.88. The molecule has 0 saturated heterocycles. The Bertz CT molecular complexity index is 932. The summed E-state index contributed by atoms with van der Waals surface area (Å²) in [5.74, 6) is 0.691. The number of amides is 1.